The predicted molar refractivity (Wildman–Crippen MR) is 90.2 cm³/mol. The highest BCUT2D eigenvalue weighted by molar-refractivity contribution is 9.10. The number of benzene rings is 1. The Balaban J connectivity index is 1.98. The Morgan fingerprint density at radius 1 is 1.27 bits per heavy atom. The van der Waals surface area contributed by atoms with Crippen LogP contribution in [0.4, 0.5) is 5.69 Å². The van der Waals surface area contributed by atoms with Gasteiger partial charge in [-0.25, -0.2) is 0 Å². The van der Waals surface area contributed by atoms with Crippen LogP contribution in [0.3, 0.4) is 0 Å². The average Bonchev–Trinajstić information content (AvgIpc) is 2.79. The molecule has 0 radical (unpaired) electrons. The fourth-order valence-corrected chi connectivity index (χ4v) is 4.72. The number of hydrogen-bond acceptors (Lipinski definition) is 3. The van der Waals surface area contributed by atoms with Gasteiger partial charge in [0.05, 0.1) is 16.8 Å². The van der Waals surface area contributed by atoms with Crippen molar-refractivity contribution in [3.63, 3.8) is 0 Å². The van der Waals surface area contributed by atoms with E-state index in [9.17, 15) is 10.0 Å². The Labute approximate surface area is 139 Å². The largest absolute Gasteiger partial charge is 0.411 e. The van der Waals surface area contributed by atoms with Crippen LogP contribution >= 0.6 is 15.9 Å². The van der Waals surface area contributed by atoms with Crippen molar-refractivity contribution < 1.29 is 10.0 Å². The summed E-state index contributed by atoms with van der Waals surface area (Å²) < 4.78 is 0.868. The first-order valence-electron chi connectivity index (χ1n) is 7.56. The van der Waals surface area contributed by atoms with Crippen LogP contribution in [0.2, 0.25) is 0 Å². The molecule has 2 atom stereocenters. The molecule has 0 aliphatic heterocycles. The molecule has 2 N–H and O–H groups in total. The molecule has 2 fully saturated rings. The van der Waals surface area contributed by atoms with E-state index in [4.69, 9.17) is 0 Å². The highest BCUT2D eigenvalue weighted by Gasteiger charge is 2.71. The molecule has 0 aromatic heterocycles. The maximum absolute atomic E-state index is 13.1. The molecule has 3 rings (SSSR count). The predicted octanol–water partition coefficient (Wildman–Crippen LogP) is 4.43. The lowest BCUT2D eigenvalue weighted by Crippen LogP contribution is -2.43. The summed E-state index contributed by atoms with van der Waals surface area (Å²) in [6.45, 7) is 6.36. The number of carbonyl (C=O) groups excluding carboxylic acids is 1. The summed E-state index contributed by atoms with van der Waals surface area (Å²) in [7, 11) is 0. The lowest BCUT2D eigenvalue weighted by molar-refractivity contribution is -0.130. The zero-order valence-electron chi connectivity index (χ0n) is 13.1. The number of fused-ring (bicyclic) bond motifs is 2. The Morgan fingerprint density at radius 2 is 1.95 bits per heavy atom. The van der Waals surface area contributed by atoms with Gasteiger partial charge in [0.1, 0.15) is 0 Å². The summed E-state index contributed by atoms with van der Waals surface area (Å²) in [6.07, 6.45) is 2.23. The molecule has 0 saturated heterocycles. The molecule has 22 heavy (non-hydrogen) atoms. The minimum absolute atomic E-state index is 0.0202. The van der Waals surface area contributed by atoms with Crippen molar-refractivity contribution in [3.8, 4) is 0 Å². The standard InChI is InChI=1S/C17H21BrN2O2/c1-15(2)16(3)8-9-17(15,10-13(16)20-22)14(21)19-12-7-5-4-6-11(12)18/h4-7,22H,8-10H2,1-3H3,(H,19,21). The van der Waals surface area contributed by atoms with Gasteiger partial charge in [0.25, 0.3) is 0 Å². The number of hydrogen-bond donors (Lipinski definition) is 2. The fourth-order valence-electron chi connectivity index (χ4n) is 4.34. The van der Waals surface area contributed by atoms with Gasteiger partial charge in [0.2, 0.25) is 5.91 Å². The molecule has 0 spiro atoms. The van der Waals surface area contributed by atoms with E-state index in [-0.39, 0.29) is 16.7 Å². The minimum Gasteiger partial charge on any atom is -0.411 e. The molecule has 1 aromatic rings. The van der Waals surface area contributed by atoms with Crippen LogP contribution in [0, 0.1) is 16.2 Å². The Bertz CT molecular complexity index is 670. The van der Waals surface area contributed by atoms with E-state index in [0.717, 1.165) is 28.7 Å². The van der Waals surface area contributed by atoms with E-state index in [1.165, 1.54) is 0 Å². The monoisotopic (exact) mass is 364 g/mol. The number of halogens is 1. The number of anilines is 1. The molecule has 2 unspecified atom stereocenters. The van der Waals surface area contributed by atoms with Crippen molar-refractivity contribution in [2.24, 2.45) is 21.4 Å². The van der Waals surface area contributed by atoms with Gasteiger partial charge in [-0.2, -0.15) is 0 Å². The lowest BCUT2D eigenvalue weighted by Gasteiger charge is -2.39. The Kier molecular flexibility index (Phi) is 3.40. The third-order valence-electron chi connectivity index (χ3n) is 6.41. The van der Waals surface area contributed by atoms with Crippen molar-refractivity contribution in [2.45, 2.75) is 40.0 Å². The maximum atomic E-state index is 13.1. The van der Waals surface area contributed by atoms with Gasteiger partial charge < -0.3 is 10.5 Å². The summed E-state index contributed by atoms with van der Waals surface area (Å²) in [6, 6.07) is 7.61. The molecule has 1 amide bonds. The van der Waals surface area contributed by atoms with Crippen molar-refractivity contribution >= 4 is 33.2 Å². The summed E-state index contributed by atoms with van der Waals surface area (Å²) in [4.78, 5) is 13.1. The number of nitrogens with zero attached hydrogens (tertiary/aromatic N) is 1. The van der Waals surface area contributed by atoms with Gasteiger partial charge in [-0.1, -0.05) is 38.1 Å². The van der Waals surface area contributed by atoms with Gasteiger partial charge in [0.15, 0.2) is 0 Å². The van der Waals surface area contributed by atoms with E-state index < -0.39 is 5.41 Å². The molecular weight excluding hydrogens is 344 g/mol. The van der Waals surface area contributed by atoms with Gasteiger partial charge in [-0.3, -0.25) is 4.79 Å². The molecule has 4 nitrogen and oxygen atoms in total. The Hall–Kier alpha value is -1.36. The Morgan fingerprint density at radius 3 is 2.55 bits per heavy atom. The normalized spacial score (nSPS) is 34.1. The summed E-state index contributed by atoms with van der Waals surface area (Å²) in [5, 5.41) is 15.9. The molecule has 2 aliphatic rings. The second-order valence-corrected chi connectivity index (χ2v) is 8.05. The summed E-state index contributed by atoms with van der Waals surface area (Å²) in [5.41, 5.74) is 0.560. The molecule has 5 heteroatoms. The number of oxime groups is 1. The summed E-state index contributed by atoms with van der Waals surface area (Å²) >= 11 is 3.47. The van der Waals surface area contributed by atoms with Crippen LogP contribution in [0.1, 0.15) is 40.0 Å². The molecule has 2 saturated carbocycles. The minimum atomic E-state index is -0.515. The quantitative estimate of drug-likeness (QED) is 0.602. The topological polar surface area (TPSA) is 61.7 Å². The number of rotatable bonds is 2. The van der Waals surface area contributed by atoms with Gasteiger partial charge in [-0.15, -0.1) is 0 Å². The first kappa shape index (κ1) is 15.5. The van der Waals surface area contributed by atoms with E-state index in [2.05, 4.69) is 47.2 Å². The zero-order valence-corrected chi connectivity index (χ0v) is 14.7. The summed E-state index contributed by atoms with van der Waals surface area (Å²) in [5.74, 6) is 0.0202. The average molecular weight is 365 g/mol. The number of amides is 1. The third-order valence-corrected chi connectivity index (χ3v) is 7.10. The van der Waals surface area contributed by atoms with E-state index >= 15 is 0 Å². The van der Waals surface area contributed by atoms with E-state index in [0.29, 0.717) is 6.42 Å². The highest BCUT2D eigenvalue weighted by Crippen LogP contribution is 2.71. The fraction of sp³-hybridized carbons (Fsp3) is 0.529. The second-order valence-electron chi connectivity index (χ2n) is 7.20. The maximum Gasteiger partial charge on any atom is 0.231 e. The van der Waals surface area contributed by atoms with Crippen molar-refractivity contribution in [1.29, 1.82) is 0 Å². The van der Waals surface area contributed by atoms with Crippen LogP contribution in [-0.2, 0) is 4.79 Å². The van der Waals surface area contributed by atoms with E-state index in [1.54, 1.807) is 0 Å². The van der Waals surface area contributed by atoms with Gasteiger partial charge in [-0.05, 0) is 46.3 Å². The van der Waals surface area contributed by atoms with Crippen LogP contribution < -0.4 is 5.32 Å². The molecule has 1 aromatic carbocycles. The zero-order chi connectivity index (χ0) is 16.2. The van der Waals surface area contributed by atoms with Crippen molar-refractivity contribution in [3.05, 3.63) is 28.7 Å². The molecule has 118 valence electrons. The first-order valence-corrected chi connectivity index (χ1v) is 8.35. The van der Waals surface area contributed by atoms with Crippen LogP contribution in [0.15, 0.2) is 33.9 Å². The van der Waals surface area contributed by atoms with Crippen molar-refractivity contribution in [1.82, 2.24) is 0 Å². The first-order chi connectivity index (χ1) is 10.3. The van der Waals surface area contributed by atoms with Crippen molar-refractivity contribution in [2.75, 3.05) is 5.32 Å². The SMILES string of the molecule is CC12CCC(C(=O)Nc3ccccc3Br)(CC1=NO)C2(C)C. The van der Waals surface area contributed by atoms with Crippen LogP contribution in [-0.4, -0.2) is 16.8 Å². The number of para-hydroxylation sites is 1. The molecule has 2 aliphatic carbocycles. The number of carbonyl (C=O) groups is 1. The smallest absolute Gasteiger partial charge is 0.231 e. The molecule has 0 heterocycles. The van der Waals surface area contributed by atoms with Crippen LogP contribution in [0.25, 0.3) is 0 Å². The van der Waals surface area contributed by atoms with E-state index in [1.807, 2.05) is 24.3 Å². The lowest BCUT2D eigenvalue weighted by atomic mass is 9.64. The number of nitrogens with one attached hydrogen (secondary N) is 1. The molecule has 2 bridgehead atoms. The van der Waals surface area contributed by atoms with Crippen LogP contribution in [0.5, 0.6) is 0 Å². The molecular formula is C17H21BrN2O2. The highest BCUT2D eigenvalue weighted by atomic mass is 79.9. The second kappa shape index (κ2) is 4.82. The van der Waals surface area contributed by atoms with Gasteiger partial charge >= 0.3 is 0 Å². The van der Waals surface area contributed by atoms with Gasteiger partial charge in [0, 0.05) is 16.3 Å². The third kappa shape index (κ3) is 1.75.